The molecule has 0 aliphatic heterocycles. The molecule has 21 heavy (non-hydrogen) atoms. The van der Waals surface area contributed by atoms with Gasteiger partial charge in [-0.3, -0.25) is 10.1 Å². The van der Waals surface area contributed by atoms with Crippen molar-refractivity contribution in [2.24, 2.45) is 0 Å². The third-order valence-electron chi connectivity index (χ3n) is 2.81. The van der Waals surface area contributed by atoms with Crippen LogP contribution in [0.15, 0.2) is 28.7 Å². The lowest BCUT2D eigenvalue weighted by molar-refractivity contribution is -0.385. The lowest BCUT2D eigenvalue weighted by Crippen LogP contribution is -2.09. The average Bonchev–Trinajstić information content (AvgIpc) is 2.44. The Labute approximate surface area is 130 Å². The van der Waals surface area contributed by atoms with Crippen molar-refractivity contribution in [2.45, 2.75) is 13.5 Å². The first-order valence-electron chi connectivity index (χ1n) is 6.20. The highest BCUT2D eigenvalue weighted by Gasteiger charge is 2.21. The molecular formula is C13H14BrN5O2. The zero-order valence-electron chi connectivity index (χ0n) is 11.6. The minimum Gasteiger partial charge on any atom is -0.360 e. The standard InChI is InChI=1S/C13H14BrN5O2/c1-8-11(19(20)21)12(18-13(15-2)17-8)16-7-9-4-3-5-10(14)6-9/h3-6H,7H2,1-2H3,(H2,15,16,17,18). The molecule has 110 valence electrons. The molecule has 0 atom stereocenters. The van der Waals surface area contributed by atoms with E-state index in [2.05, 4.69) is 36.5 Å². The van der Waals surface area contributed by atoms with Crippen LogP contribution in [-0.4, -0.2) is 21.9 Å². The third-order valence-corrected chi connectivity index (χ3v) is 3.31. The van der Waals surface area contributed by atoms with E-state index in [9.17, 15) is 10.1 Å². The number of nitrogens with one attached hydrogen (secondary N) is 2. The van der Waals surface area contributed by atoms with Crippen molar-refractivity contribution in [2.75, 3.05) is 17.7 Å². The summed E-state index contributed by atoms with van der Waals surface area (Å²) in [5.41, 5.74) is 1.20. The largest absolute Gasteiger partial charge is 0.360 e. The van der Waals surface area contributed by atoms with E-state index in [0.717, 1.165) is 10.0 Å². The number of hydrogen-bond acceptors (Lipinski definition) is 6. The smallest absolute Gasteiger partial charge is 0.332 e. The number of nitro groups is 1. The molecule has 0 saturated carbocycles. The van der Waals surface area contributed by atoms with Gasteiger partial charge in [0.1, 0.15) is 5.69 Å². The second-order valence-corrected chi connectivity index (χ2v) is 5.24. The fourth-order valence-corrected chi connectivity index (χ4v) is 2.30. The molecule has 1 heterocycles. The van der Waals surface area contributed by atoms with Crippen LogP contribution in [0.3, 0.4) is 0 Å². The molecule has 0 aliphatic carbocycles. The zero-order chi connectivity index (χ0) is 15.4. The summed E-state index contributed by atoms with van der Waals surface area (Å²) in [6, 6.07) is 7.68. The predicted octanol–water partition coefficient (Wildman–Crippen LogP) is 3.11. The minimum atomic E-state index is -0.474. The number of aromatic nitrogens is 2. The molecular weight excluding hydrogens is 338 g/mol. The van der Waals surface area contributed by atoms with Crippen molar-refractivity contribution in [3.8, 4) is 0 Å². The lowest BCUT2D eigenvalue weighted by atomic mass is 10.2. The fraction of sp³-hybridized carbons (Fsp3) is 0.231. The molecule has 2 aromatic rings. The van der Waals surface area contributed by atoms with Crippen molar-refractivity contribution in [3.63, 3.8) is 0 Å². The molecule has 0 bridgehead atoms. The first-order valence-corrected chi connectivity index (χ1v) is 6.99. The first-order chi connectivity index (χ1) is 10.0. The Morgan fingerprint density at radius 3 is 2.76 bits per heavy atom. The topological polar surface area (TPSA) is 93.0 Å². The van der Waals surface area contributed by atoms with Crippen LogP contribution in [0.25, 0.3) is 0 Å². The van der Waals surface area contributed by atoms with Gasteiger partial charge < -0.3 is 10.6 Å². The Kier molecular flexibility index (Phi) is 4.69. The monoisotopic (exact) mass is 351 g/mol. The summed E-state index contributed by atoms with van der Waals surface area (Å²) in [6.07, 6.45) is 0. The molecule has 0 amide bonds. The summed E-state index contributed by atoms with van der Waals surface area (Å²) >= 11 is 3.39. The van der Waals surface area contributed by atoms with Crippen molar-refractivity contribution in [3.05, 3.63) is 50.1 Å². The van der Waals surface area contributed by atoms with Crippen LogP contribution in [0, 0.1) is 17.0 Å². The van der Waals surface area contributed by atoms with Gasteiger partial charge in [0.2, 0.25) is 11.8 Å². The second-order valence-electron chi connectivity index (χ2n) is 4.32. The van der Waals surface area contributed by atoms with Gasteiger partial charge in [0.15, 0.2) is 0 Å². The van der Waals surface area contributed by atoms with E-state index < -0.39 is 4.92 Å². The fourth-order valence-electron chi connectivity index (χ4n) is 1.85. The SMILES string of the molecule is CNc1nc(C)c([N+](=O)[O-])c(NCc2cccc(Br)c2)n1. The third kappa shape index (κ3) is 3.66. The summed E-state index contributed by atoms with van der Waals surface area (Å²) in [4.78, 5) is 18.8. The first kappa shape index (κ1) is 15.2. The molecule has 0 saturated heterocycles. The van der Waals surface area contributed by atoms with Crippen LogP contribution in [0.2, 0.25) is 0 Å². The molecule has 0 radical (unpaired) electrons. The maximum absolute atomic E-state index is 11.2. The van der Waals surface area contributed by atoms with Crippen LogP contribution in [0.4, 0.5) is 17.5 Å². The van der Waals surface area contributed by atoms with Crippen molar-refractivity contribution in [1.29, 1.82) is 0 Å². The van der Waals surface area contributed by atoms with Crippen LogP contribution in [-0.2, 0) is 6.54 Å². The molecule has 1 aromatic carbocycles. The molecule has 2 rings (SSSR count). The van der Waals surface area contributed by atoms with E-state index in [0.29, 0.717) is 18.2 Å². The Hall–Kier alpha value is -2.22. The quantitative estimate of drug-likeness (QED) is 0.634. The number of nitrogens with zero attached hydrogens (tertiary/aromatic N) is 3. The number of aryl methyl sites for hydroxylation is 1. The van der Waals surface area contributed by atoms with Crippen LogP contribution < -0.4 is 10.6 Å². The maximum atomic E-state index is 11.2. The van der Waals surface area contributed by atoms with E-state index >= 15 is 0 Å². The highest BCUT2D eigenvalue weighted by Crippen LogP contribution is 2.27. The molecule has 7 nitrogen and oxygen atoms in total. The number of anilines is 2. The maximum Gasteiger partial charge on any atom is 0.332 e. The highest BCUT2D eigenvalue weighted by atomic mass is 79.9. The average molecular weight is 352 g/mol. The predicted molar refractivity (Wildman–Crippen MR) is 84.4 cm³/mol. The Bertz CT molecular complexity index is 678. The van der Waals surface area contributed by atoms with Gasteiger partial charge in [0.05, 0.1) is 4.92 Å². The van der Waals surface area contributed by atoms with E-state index in [1.54, 1.807) is 14.0 Å². The number of halogens is 1. The van der Waals surface area contributed by atoms with Gasteiger partial charge in [-0.15, -0.1) is 0 Å². The van der Waals surface area contributed by atoms with Gasteiger partial charge in [0, 0.05) is 18.1 Å². The van der Waals surface area contributed by atoms with E-state index in [1.807, 2.05) is 24.3 Å². The van der Waals surface area contributed by atoms with Gasteiger partial charge in [0.25, 0.3) is 0 Å². The van der Waals surface area contributed by atoms with Crippen molar-refractivity contribution >= 4 is 33.4 Å². The molecule has 0 unspecified atom stereocenters. The minimum absolute atomic E-state index is 0.107. The Morgan fingerprint density at radius 1 is 1.38 bits per heavy atom. The second kappa shape index (κ2) is 6.49. The molecule has 1 aromatic heterocycles. The van der Waals surface area contributed by atoms with Gasteiger partial charge in [-0.05, 0) is 24.6 Å². The number of rotatable bonds is 5. The molecule has 0 fully saturated rings. The molecule has 8 heteroatoms. The Balaban J connectivity index is 2.29. The number of benzene rings is 1. The normalized spacial score (nSPS) is 10.2. The summed E-state index contributed by atoms with van der Waals surface area (Å²) in [5, 5.41) is 17.0. The van der Waals surface area contributed by atoms with Gasteiger partial charge >= 0.3 is 5.69 Å². The van der Waals surface area contributed by atoms with Crippen molar-refractivity contribution < 1.29 is 4.92 Å². The Morgan fingerprint density at radius 2 is 2.14 bits per heavy atom. The van der Waals surface area contributed by atoms with Gasteiger partial charge in [-0.25, -0.2) is 4.98 Å². The van der Waals surface area contributed by atoms with E-state index in [-0.39, 0.29) is 11.5 Å². The molecule has 2 N–H and O–H groups in total. The highest BCUT2D eigenvalue weighted by molar-refractivity contribution is 9.10. The molecule has 0 spiro atoms. The van der Waals surface area contributed by atoms with Gasteiger partial charge in [-0.2, -0.15) is 4.98 Å². The van der Waals surface area contributed by atoms with Crippen LogP contribution in [0.5, 0.6) is 0 Å². The number of hydrogen-bond donors (Lipinski definition) is 2. The zero-order valence-corrected chi connectivity index (χ0v) is 13.1. The van der Waals surface area contributed by atoms with Crippen LogP contribution in [0.1, 0.15) is 11.3 Å². The lowest BCUT2D eigenvalue weighted by Gasteiger charge is -2.09. The summed E-state index contributed by atoms with van der Waals surface area (Å²) < 4.78 is 0.950. The molecule has 0 aliphatic rings. The van der Waals surface area contributed by atoms with Crippen LogP contribution >= 0.6 is 15.9 Å². The summed E-state index contributed by atoms with van der Waals surface area (Å²) in [6.45, 7) is 2.02. The van der Waals surface area contributed by atoms with E-state index in [1.165, 1.54) is 0 Å². The summed E-state index contributed by atoms with van der Waals surface area (Å²) in [7, 11) is 1.67. The van der Waals surface area contributed by atoms with E-state index in [4.69, 9.17) is 0 Å². The van der Waals surface area contributed by atoms with Gasteiger partial charge in [-0.1, -0.05) is 28.1 Å². The van der Waals surface area contributed by atoms with Crippen molar-refractivity contribution in [1.82, 2.24) is 9.97 Å². The summed E-state index contributed by atoms with van der Waals surface area (Å²) in [5.74, 6) is 0.548.